The number of carbonyl (C=O) groups excluding carboxylic acids is 1. The summed E-state index contributed by atoms with van der Waals surface area (Å²) in [6.07, 6.45) is 0. The quantitative estimate of drug-likeness (QED) is 0.782. The molecule has 0 atom stereocenters. The van der Waals surface area contributed by atoms with E-state index in [1.807, 2.05) is 54.4 Å². The maximum Gasteiger partial charge on any atom is 0.176 e. The third kappa shape index (κ3) is 4.30. The number of nitrogens with zero attached hydrogens (tertiary/aromatic N) is 1. The minimum Gasteiger partial charge on any atom is -0.295 e. The van der Waals surface area contributed by atoms with Crippen LogP contribution in [0.5, 0.6) is 0 Å². The van der Waals surface area contributed by atoms with Crippen LogP contribution < -0.4 is 0 Å². The molecule has 98 valence electrons. The van der Waals surface area contributed by atoms with E-state index in [9.17, 15) is 4.79 Å². The summed E-state index contributed by atoms with van der Waals surface area (Å²) in [7, 11) is 1.96. The molecule has 2 rings (SSSR count). The Kier molecular flexibility index (Phi) is 4.88. The molecule has 2 aromatic rings. The first kappa shape index (κ1) is 14.0. The van der Waals surface area contributed by atoms with Crippen LogP contribution in [0, 0.1) is 0 Å². The summed E-state index contributed by atoms with van der Waals surface area (Å²) >= 11 is 3.41. The molecule has 0 aliphatic carbocycles. The van der Waals surface area contributed by atoms with E-state index in [0.29, 0.717) is 6.54 Å². The summed E-state index contributed by atoms with van der Waals surface area (Å²) in [6, 6.07) is 17.6. The van der Waals surface area contributed by atoms with Gasteiger partial charge >= 0.3 is 0 Å². The van der Waals surface area contributed by atoms with Crippen molar-refractivity contribution in [3.63, 3.8) is 0 Å². The molecule has 3 heteroatoms. The number of Topliss-reactive ketones (excluding diaryl/α,β-unsaturated/α-hetero) is 1. The maximum absolute atomic E-state index is 12.1. The third-order valence-electron chi connectivity index (χ3n) is 2.88. The molecule has 0 aliphatic heterocycles. The van der Waals surface area contributed by atoms with Crippen molar-refractivity contribution in [2.45, 2.75) is 6.54 Å². The van der Waals surface area contributed by atoms with Gasteiger partial charge in [0, 0.05) is 16.6 Å². The normalized spacial score (nSPS) is 10.7. The molecule has 0 saturated heterocycles. The van der Waals surface area contributed by atoms with Crippen LogP contribution in [0.25, 0.3) is 0 Å². The average Bonchev–Trinajstić information content (AvgIpc) is 2.42. The van der Waals surface area contributed by atoms with E-state index >= 15 is 0 Å². The van der Waals surface area contributed by atoms with Gasteiger partial charge in [-0.25, -0.2) is 0 Å². The number of hydrogen-bond acceptors (Lipinski definition) is 2. The molecule has 2 aromatic carbocycles. The summed E-state index contributed by atoms with van der Waals surface area (Å²) < 4.78 is 1.07. The fraction of sp³-hybridized carbons (Fsp3) is 0.188. The highest BCUT2D eigenvalue weighted by Gasteiger charge is 2.09. The smallest absolute Gasteiger partial charge is 0.176 e. The maximum atomic E-state index is 12.1. The van der Waals surface area contributed by atoms with Crippen molar-refractivity contribution in [3.05, 3.63) is 70.2 Å². The minimum absolute atomic E-state index is 0.153. The van der Waals surface area contributed by atoms with E-state index in [2.05, 4.69) is 28.1 Å². The molecule has 0 aromatic heterocycles. The highest BCUT2D eigenvalue weighted by molar-refractivity contribution is 9.10. The van der Waals surface area contributed by atoms with E-state index < -0.39 is 0 Å². The van der Waals surface area contributed by atoms with Gasteiger partial charge in [-0.2, -0.15) is 0 Å². The van der Waals surface area contributed by atoms with E-state index in [4.69, 9.17) is 0 Å². The second-order valence-electron chi connectivity index (χ2n) is 4.59. The van der Waals surface area contributed by atoms with E-state index in [-0.39, 0.29) is 5.78 Å². The molecule has 19 heavy (non-hydrogen) atoms. The Morgan fingerprint density at radius 2 is 1.68 bits per heavy atom. The first-order valence-electron chi connectivity index (χ1n) is 6.16. The molecule has 0 N–H and O–H groups in total. The predicted molar refractivity (Wildman–Crippen MR) is 81.2 cm³/mol. The Morgan fingerprint density at radius 1 is 1.05 bits per heavy atom. The number of benzene rings is 2. The third-order valence-corrected chi connectivity index (χ3v) is 3.40. The molecule has 0 unspecified atom stereocenters. The highest BCUT2D eigenvalue weighted by Crippen LogP contribution is 2.12. The number of rotatable bonds is 5. The van der Waals surface area contributed by atoms with Crippen molar-refractivity contribution in [3.8, 4) is 0 Å². The van der Waals surface area contributed by atoms with E-state index in [1.54, 1.807) is 0 Å². The number of ketones is 1. The van der Waals surface area contributed by atoms with Crippen molar-refractivity contribution >= 4 is 21.7 Å². The molecule has 0 spiro atoms. The van der Waals surface area contributed by atoms with Gasteiger partial charge in [0.2, 0.25) is 0 Å². The van der Waals surface area contributed by atoms with Gasteiger partial charge in [-0.3, -0.25) is 9.69 Å². The van der Waals surface area contributed by atoms with Crippen LogP contribution in [0.3, 0.4) is 0 Å². The molecule has 0 saturated carbocycles. The lowest BCUT2D eigenvalue weighted by Crippen LogP contribution is -2.25. The zero-order chi connectivity index (χ0) is 13.7. The monoisotopic (exact) mass is 317 g/mol. The molecule has 0 aliphatic rings. The van der Waals surface area contributed by atoms with Crippen LogP contribution in [0.1, 0.15) is 15.9 Å². The minimum atomic E-state index is 0.153. The van der Waals surface area contributed by atoms with Gasteiger partial charge in [0.25, 0.3) is 0 Å². The lowest BCUT2D eigenvalue weighted by Gasteiger charge is -2.15. The van der Waals surface area contributed by atoms with Gasteiger partial charge in [0.05, 0.1) is 6.54 Å². The zero-order valence-corrected chi connectivity index (χ0v) is 12.4. The summed E-state index contributed by atoms with van der Waals surface area (Å²) in [5.41, 5.74) is 1.97. The van der Waals surface area contributed by atoms with Crippen LogP contribution in [-0.2, 0) is 6.54 Å². The zero-order valence-electron chi connectivity index (χ0n) is 10.8. The topological polar surface area (TPSA) is 20.3 Å². The average molecular weight is 318 g/mol. The molecule has 0 amide bonds. The Morgan fingerprint density at radius 3 is 2.32 bits per heavy atom. The van der Waals surface area contributed by atoms with Gasteiger partial charge in [0.1, 0.15) is 0 Å². The second kappa shape index (κ2) is 6.64. The summed E-state index contributed by atoms with van der Waals surface area (Å²) in [5, 5.41) is 0. The van der Waals surface area contributed by atoms with E-state index in [0.717, 1.165) is 16.6 Å². The van der Waals surface area contributed by atoms with Crippen LogP contribution in [-0.4, -0.2) is 24.3 Å². The Balaban J connectivity index is 1.92. The van der Waals surface area contributed by atoms with Crippen LogP contribution in [0.15, 0.2) is 59.1 Å². The molecule has 0 bridgehead atoms. The number of halogens is 1. The summed E-state index contributed by atoms with van der Waals surface area (Å²) in [6.45, 7) is 1.20. The molecule has 0 heterocycles. The largest absolute Gasteiger partial charge is 0.295 e. The molecular weight excluding hydrogens is 302 g/mol. The van der Waals surface area contributed by atoms with Crippen molar-refractivity contribution < 1.29 is 4.79 Å². The first-order chi connectivity index (χ1) is 9.15. The van der Waals surface area contributed by atoms with Crippen molar-refractivity contribution in [1.82, 2.24) is 4.90 Å². The number of carbonyl (C=O) groups is 1. The van der Waals surface area contributed by atoms with Gasteiger partial charge in [-0.15, -0.1) is 0 Å². The van der Waals surface area contributed by atoms with Gasteiger partial charge in [0.15, 0.2) is 5.78 Å². The van der Waals surface area contributed by atoms with Gasteiger partial charge < -0.3 is 0 Å². The number of hydrogen-bond donors (Lipinski definition) is 0. The Hall–Kier alpha value is -1.45. The van der Waals surface area contributed by atoms with Gasteiger partial charge in [-0.05, 0) is 24.7 Å². The van der Waals surface area contributed by atoms with Crippen molar-refractivity contribution in [2.75, 3.05) is 13.6 Å². The second-order valence-corrected chi connectivity index (χ2v) is 5.50. The highest BCUT2D eigenvalue weighted by atomic mass is 79.9. The van der Waals surface area contributed by atoms with Gasteiger partial charge in [-0.1, -0.05) is 58.4 Å². The molecule has 0 radical (unpaired) electrons. The standard InChI is InChI=1S/C16H16BrNO/c1-18(11-13-7-9-15(17)10-8-13)12-16(19)14-5-3-2-4-6-14/h2-10H,11-12H2,1H3. The van der Waals surface area contributed by atoms with E-state index in [1.165, 1.54) is 5.56 Å². The summed E-state index contributed by atoms with van der Waals surface area (Å²) in [4.78, 5) is 14.1. The fourth-order valence-electron chi connectivity index (χ4n) is 1.92. The predicted octanol–water partition coefficient (Wildman–Crippen LogP) is 3.76. The molecular formula is C16H16BrNO. The first-order valence-corrected chi connectivity index (χ1v) is 6.95. The van der Waals surface area contributed by atoms with Crippen LogP contribution in [0.2, 0.25) is 0 Å². The van der Waals surface area contributed by atoms with Crippen LogP contribution in [0.4, 0.5) is 0 Å². The van der Waals surface area contributed by atoms with Crippen molar-refractivity contribution in [2.24, 2.45) is 0 Å². The van der Waals surface area contributed by atoms with Crippen molar-refractivity contribution in [1.29, 1.82) is 0 Å². The SMILES string of the molecule is CN(CC(=O)c1ccccc1)Cc1ccc(Br)cc1. The lowest BCUT2D eigenvalue weighted by molar-refractivity contribution is 0.0943. The lowest BCUT2D eigenvalue weighted by atomic mass is 10.1. The van der Waals surface area contributed by atoms with Crippen LogP contribution >= 0.6 is 15.9 Å². The molecule has 2 nitrogen and oxygen atoms in total. The molecule has 0 fully saturated rings. The number of likely N-dealkylation sites (N-methyl/N-ethyl adjacent to an activating group) is 1. The Bertz CT molecular complexity index is 536. The summed E-state index contributed by atoms with van der Waals surface area (Å²) in [5.74, 6) is 0.153. The fourth-order valence-corrected chi connectivity index (χ4v) is 2.18. The Labute approximate surface area is 122 Å².